The maximum atomic E-state index is 12.9. The molecule has 2 aromatic carbocycles. The molecule has 5 nitrogen and oxygen atoms in total. The summed E-state index contributed by atoms with van der Waals surface area (Å²) >= 11 is 0. The van der Waals surface area contributed by atoms with Crippen molar-refractivity contribution in [2.75, 3.05) is 26.3 Å². The van der Waals surface area contributed by atoms with Crippen molar-refractivity contribution < 1.29 is 19.1 Å². The van der Waals surface area contributed by atoms with Crippen LogP contribution in [0.15, 0.2) is 42.5 Å². The number of hydrogen-bond donors (Lipinski definition) is 0. The molecule has 0 N–H and O–H groups in total. The van der Waals surface area contributed by atoms with Crippen molar-refractivity contribution in [2.45, 2.75) is 39.0 Å². The van der Waals surface area contributed by atoms with Gasteiger partial charge in [0.05, 0.1) is 0 Å². The van der Waals surface area contributed by atoms with Crippen molar-refractivity contribution in [3.63, 3.8) is 0 Å². The predicted molar refractivity (Wildman–Crippen MR) is 115 cm³/mol. The quantitative estimate of drug-likeness (QED) is 0.678. The topological polar surface area (TPSA) is 55.8 Å². The first-order chi connectivity index (χ1) is 14.6. The van der Waals surface area contributed by atoms with Gasteiger partial charge in [0.25, 0.3) is 0 Å². The van der Waals surface area contributed by atoms with Crippen molar-refractivity contribution in [3.8, 4) is 11.5 Å². The normalized spacial score (nSPS) is 16.4. The molecule has 1 saturated heterocycles. The molecule has 2 aromatic rings. The van der Waals surface area contributed by atoms with E-state index in [9.17, 15) is 9.59 Å². The van der Waals surface area contributed by atoms with Gasteiger partial charge in [-0.05, 0) is 55.0 Å². The number of carbonyl (C=O) groups is 2. The third kappa shape index (κ3) is 4.66. The average molecular weight is 408 g/mol. The highest BCUT2D eigenvalue weighted by Crippen LogP contribution is 2.32. The van der Waals surface area contributed by atoms with Gasteiger partial charge in [-0.2, -0.15) is 0 Å². The van der Waals surface area contributed by atoms with E-state index in [-0.39, 0.29) is 17.6 Å². The summed E-state index contributed by atoms with van der Waals surface area (Å²) in [4.78, 5) is 27.4. The van der Waals surface area contributed by atoms with E-state index in [1.807, 2.05) is 17.0 Å². The number of piperidine rings is 1. The molecule has 0 unspecified atom stereocenters. The number of benzene rings is 2. The minimum Gasteiger partial charge on any atom is -0.486 e. The SMILES string of the molecule is CCc1ccc(CCC(=O)N2CCC(C(=O)c3ccc4c(c3)OCCO4)CC2)cc1. The fraction of sp³-hybridized carbons (Fsp3) is 0.440. The number of hydrogen-bond acceptors (Lipinski definition) is 4. The van der Waals surface area contributed by atoms with E-state index in [0.29, 0.717) is 62.6 Å². The molecule has 158 valence electrons. The molecule has 1 amide bonds. The molecule has 1 fully saturated rings. The molecule has 0 bridgehead atoms. The molecular formula is C25H29NO4. The van der Waals surface area contributed by atoms with Crippen molar-refractivity contribution in [1.29, 1.82) is 0 Å². The second-order valence-corrected chi connectivity index (χ2v) is 8.05. The van der Waals surface area contributed by atoms with Crippen LogP contribution in [0.25, 0.3) is 0 Å². The largest absolute Gasteiger partial charge is 0.486 e. The number of fused-ring (bicyclic) bond motifs is 1. The summed E-state index contributed by atoms with van der Waals surface area (Å²) in [7, 11) is 0. The molecule has 2 aliphatic rings. The highest BCUT2D eigenvalue weighted by molar-refractivity contribution is 5.98. The Morgan fingerprint density at radius 1 is 0.933 bits per heavy atom. The maximum Gasteiger partial charge on any atom is 0.222 e. The summed E-state index contributed by atoms with van der Waals surface area (Å²) in [6.07, 6.45) is 3.73. The summed E-state index contributed by atoms with van der Waals surface area (Å²) < 4.78 is 11.1. The van der Waals surface area contributed by atoms with E-state index in [4.69, 9.17) is 9.47 Å². The third-order valence-corrected chi connectivity index (χ3v) is 6.10. The molecule has 0 saturated carbocycles. The summed E-state index contributed by atoms with van der Waals surface area (Å²) in [6, 6.07) is 13.9. The Bertz CT molecular complexity index is 898. The maximum absolute atomic E-state index is 12.9. The van der Waals surface area contributed by atoms with Gasteiger partial charge in [-0.25, -0.2) is 0 Å². The van der Waals surface area contributed by atoms with E-state index in [2.05, 4.69) is 31.2 Å². The molecule has 5 heteroatoms. The zero-order valence-corrected chi connectivity index (χ0v) is 17.6. The van der Waals surface area contributed by atoms with E-state index in [1.54, 1.807) is 6.07 Å². The number of aryl methyl sites for hydroxylation is 2. The van der Waals surface area contributed by atoms with Gasteiger partial charge in [-0.3, -0.25) is 9.59 Å². The van der Waals surface area contributed by atoms with Crippen LogP contribution in [-0.2, 0) is 17.6 Å². The number of likely N-dealkylation sites (tertiary alicyclic amines) is 1. The molecule has 2 heterocycles. The van der Waals surface area contributed by atoms with Gasteiger partial charge in [0, 0.05) is 31.0 Å². The predicted octanol–water partition coefficient (Wildman–Crippen LogP) is 4.07. The van der Waals surface area contributed by atoms with Crippen LogP contribution in [0.4, 0.5) is 0 Å². The fourth-order valence-electron chi connectivity index (χ4n) is 4.17. The molecule has 4 rings (SSSR count). The monoisotopic (exact) mass is 407 g/mol. The standard InChI is InChI=1S/C25H29NO4/c1-2-18-3-5-19(6-4-18)7-10-24(27)26-13-11-20(12-14-26)25(28)21-8-9-22-23(17-21)30-16-15-29-22/h3-6,8-9,17,20H,2,7,10-16H2,1H3. The number of ketones is 1. The average Bonchev–Trinajstić information content (AvgIpc) is 2.82. The van der Waals surface area contributed by atoms with E-state index < -0.39 is 0 Å². The van der Waals surface area contributed by atoms with Gasteiger partial charge in [-0.1, -0.05) is 31.2 Å². The van der Waals surface area contributed by atoms with Crippen molar-refractivity contribution in [2.24, 2.45) is 5.92 Å². The molecule has 0 aliphatic carbocycles. The van der Waals surface area contributed by atoms with Gasteiger partial charge < -0.3 is 14.4 Å². The van der Waals surface area contributed by atoms with Gasteiger partial charge in [0.1, 0.15) is 13.2 Å². The van der Waals surface area contributed by atoms with Gasteiger partial charge in [-0.15, -0.1) is 0 Å². The van der Waals surface area contributed by atoms with Crippen LogP contribution in [0.5, 0.6) is 11.5 Å². The zero-order valence-electron chi connectivity index (χ0n) is 17.6. The first-order valence-electron chi connectivity index (χ1n) is 10.9. The van der Waals surface area contributed by atoms with Crippen LogP contribution >= 0.6 is 0 Å². The summed E-state index contributed by atoms with van der Waals surface area (Å²) in [5.74, 6) is 1.61. The summed E-state index contributed by atoms with van der Waals surface area (Å²) in [6.45, 7) is 4.48. The summed E-state index contributed by atoms with van der Waals surface area (Å²) in [5.41, 5.74) is 3.18. The lowest BCUT2D eigenvalue weighted by Gasteiger charge is -2.31. The van der Waals surface area contributed by atoms with Crippen molar-refractivity contribution >= 4 is 11.7 Å². The Kier molecular flexibility index (Phi) is 6.36. The van der Waals surface area contributed by atoms with E-state index in [1.165, 1.54) is 11.1 Å². The van der Waals surface area contributed by atoms with Gasteiger partial charge in [0.15, 0.2) is 17.3 Å². The van der Waals surface area contributed by atoms with Crippen LogP contribution in [0, 0.1) is 5.92 Å². The Morgan fingerprint density at radius 3 is 2.30 bits per heavy atom. The Hall–Kier alpha value is -2.82. The Labute approximate surface area is 178 Å². The number of rotatable bonds is 6. The van der Waals surface area contributed by atoms with E-state index in [0.717, 1.165) is 12.8 Å². The summed E-state index contributed by atoms with van der Waals surface area (Å²) in [5, 5.41) is 0. The Morgan fingerprint density at radius 2 is 1.60 bits per heavy atom. The number of ether oxygens (including phenoxy) is 2. The second kappa shape index (κ2) is 9.33. The molecule has 0 spiro atoms. The lowest BCUT2D eigenvalue weighted by atomic mass is 9.88. The Balaban J connectivity index is 1.27. The van der Waals surface area contributed by atoms with Gasteiger partial charge >= 0.3 is 0 Å². The molecule has 0 atom stereocenters. The number of amides is 1. The smallest absolute Gasteiger partial charge is 0.222 e. The fourth-order valence-corrected chi connectivity index (χ4v) is 4.17. The molecule has 30 heavy (non-hydrogen) atoms. The van der Waals surface area contributed by atoms with Crippen molar-refractivity contribution in [1.82, 2.24) is 4.90 Å². The zero-order chi connectivity index (χ0) is 20.9. The van der Waals surface area contributed by atoms with Crippen LogP contribution in [0.3, 0.4) is 0 Å². The van der Waals surface area contributed by atoms with Crippen molar-refractivity contribution in [3.05, 3.63) is 59.2 Å². The highest BCUT2D eigenvalue weighted by Gasteiger charge is 2.28. The lowest BCUT2D eigenvalue weighted by molar-refractivity contribution is -0.132. The minimum atomic E-state index is -0.0433. The lowest BCUT2D eigenvalue weighted by Crippen LogP contribution is -2.40. The minimum absolute atomic E-state index is 0.0433. The van der Waals surface area contributed by atoms with Crippen LogP contribution < -0.4 is 9.47 Å². The third-order valence-electron chi connectivity index (χ3n) is 6.10. The van der Waals surface area contributed by atoms with Gasteiger partial charge in [0.2, 0.25) is 5.91 Å². The first kappa shape index (κ1) is 20.5. The molecule has 2 aliphatic heterocycles. The first-order valence-corrected chi connectivity index (χ1v) is 10.9. The molecular weight excluding hydrogens is 378 g/mol. The molecule has 0 aromatic heterocycles. The van der Waals surface area contributed by atoms with Crippen LogP contribution in [0.1, 0.15) is 47.7 Å². The molecule has 0 radical (unpaired) electrons. The van der Waals surface area contributed by atoms with Crippen LogP contribution in [-0.4, -0.2) is 42.9 Å². The van der Waals surface area contributed by atoms with E-state index >= 15 is 0 Å². The number of nitrogens with zero attached hydrogens (tertiary/aromatic N) is 1. The second-order valence-electron chi connectivity index (χ2n) is 8.05. The number of carbonyl (C=O) groups excluding carboxylic acids is 2. The number of Topliss-reactive ketones (excluding diaryl/α,β-unsaturated/α-hetero) is 1. The highest BCUT2D eigenvalue weighted by atomic mass is 16.6. The van der Waals surface area contributed by atoms with Crippen LogP contribution in [0.2, 0.25) is 0 Å².